The van der Waals surface area contributed by atoms with Gasteiger partial charge in [0.2, 0.25) is 0 Å². The molecule has 0 aliphatic heterocycles. The van der Waals surface area contributed by atoms with Crippen LogP contribution in [0, 0.1) is 0 Å². The number of thiol groups is 1. The average molecular weight is 282 g/mol. The van der Waals surface area contributed by atoms with Gasteiger partial charge in [-0.2, -0.15) is 12.6 Å². The molecule has 0 N–H and O–H groups in total. The summed E-state index contributed by atoms with van der Waals surface area (Å²) in [6, 6.07) is 0.245. The molecule has 0 saturated heterocycles. The number of nitrogens with zero attached hydrogens (tertiary/aromatic N) is 2. The highest BCUT2D eigenvalue weighted by Crippen LogP contribution is 2.12. The van der Waals surface area contributed by atoms with E-state index in [1.165, 1.54) is 18.0 Å². The van der Waals surface area contributed by atoms with Crippen molar-refractivity contribution >= 4 is 35.1 Å². The molecule has 0 aromatic heterocycles. The van der Waals surface area contributed by atoms with Gasteiger partial charge in [0.05, 0.1) is 11.8 Å². The van der Waals surface area contributed by atoms with E-state index in [-0.39, 0.29) is 6.04 Å². The zero-order chi connectivity index (χ0) is 14.0. The third-order valence-electron chi connectivity index (χ3n) is 2.11. The quantitative estimate of drug-likeness (QED) is 0.316. The van der Waals surface area contributed by atoms with E-state index in [1.807, 2.05) is 25.3 Å². The number of aliphatic imine (C=N–C) groups is 2. The first kappa shape index (κ1) is 17.3. The minimum atomic E-state index is 0.245. The molecule has 0 amide bonds. The summed E-state index contributed by atoms with van der Waals surface area (Å²) in [6.07, 6.45) is 4.47. The van der Waals surface area contributed by atoms with Gasteiger partial charge >= 0.3 is 0 Å². The zero-order valence-electron chi connectivity index (χ0n) is 11.4. The molecule has 0 fully saturated rings. The molecule has 0 spiro atoms. The molecule has 2 nitrogen and oxygen atoms in total. The summed E-state index contributed by atoms with van der Waals surface area (Å²) in [6.45, 7) is 13.5. The SMILES string of the molecule is C=CN=C(S/C=C/C(=C)C)C(C)=NC(CC)CS. The topological polar surface area (TPSA) is 24.7 Å². The fourth-order valence-electron chi connectivity index (χ4n) is 1.10. The fraction of sp³-hybridized carbons (Fsp3) is 0.429. The summed E-state index contributed by atoms with van der Waals surface area (Å²) >= 11 is 5.82. The van der Waals surface area contributed by atoms with E-state index >= 15 is 0 Å². The standard InChI is InChI=1S/C14H22N2S2/c1-6-13(10-17)16-12(5)14(15-7-2)18-9-8-11(3)4/h7-9,13,17H,2-3,6,10H2,1,4-5H3/b9-8+,15-14?,16-12?. The lowest BCUT2D eigenvalue weighted by Gasteiger charge is -2.08. The lowest BCUT2D eigenvalue weighted by molar-refractivity contribution is 0.730. The minimum Gasteiger partial charge on any atom is -0.283 e. The summed E-state index contributed by atoms with van der Waals surface area (Å²) in [5, 5.41) is 2.83. The first-order chi connectivity index (χ1) is 8.54. The van der Waals surface area contributed by atoms with E-state index in [0.29, 0.717) is 0 Å². The number of hydrogen-bond acceptors (Lipinski definition) is 4. The van der Waals surface area contributed by atoms with Crippen molar-refractivity contribution in [3.63, 3.8) is 0 Å². The van der Waals surface area contributed by atoms with Gasteiger partial charge in [0.1, 0.15) is 5.04 Å². The first-order valence-corrected chi connectivity index (χ1v) is 7.39. The molecule has 1 atom stereocenters. The van der Waals surface area contributed by atoms with Crippen molar-refractivity contribution in [2.75, 3.05) is 5.75 Å². The Morgan fingerprint density at radius 2 is 2.11 bits per heavy atom. The summed E-state index contributed by atoms with van der Waals surface area (Å²) < 4.78 is 0. The van der Waals surface area contributed by atoms with Gasteiger partial charge in [-0.05, 0) is 25.7 Å². The summed E-state index contributed by atoms with van der Waals surface area (Å²) in [4.78, 5) is 8.86. The van der Waals surface area contributed by atoms with Crippen LogP contribution in [-0.4, -0.2) is 22.6 Å². The Kier molecular flexibility index (Phi) is 9.79. The smallest absolute Gasteiger partial charge is 0.121 e. The molecule has 0 bridgehead atoms. The molecule has 4 heteroatoms. The van der Waals surface area contributed by atoms with Crippen molar-refractivity contribution < 1.29 is 0 Å². The second-order valence-electron chi connectivity index (χ2n) is 3.84. The van der Waals surface area contributed by atoms with Crippen molar-refractivity contribution in [3.05, 3.63) is 36.4 Å². The van der Waals surface area contributed by atoms with Gasteiger partial charge in [-0.3, -0.25) is 4.99 Å². The molecule has 0 aliphatic carbocycles. The van der Waals surface area contributed by atoms with Gasteiger partial charge in [-0.15, -0.1) is 0 Å². The number of hydrogen-bond donors (Lipinski definition) is 1. The maximum absolute atomic E-state index is 4.61. The first-order valence-electron chi connectivity index (χ1n) is 5.88. The van der Waals surface area contributed by atoms with Crippen molar-refractivity contribution in [2.24, 2.45) is 9.98 Å². The van der Waals surface area contributed by atoms with Gasteiger partial charge in [0.15, 0.2) is 0 Å². The van der Waals surface area contributed by atoms with Crippen molar-refractivity contribution in [2.45, 2.75) is 33.2 Å². The van der Waals surface area contributed by atoms with Crippen LogP contribution < -0.4 is 0 Å². The monoisotopic (exact) mass is 282 g/mol. The van der Waals surface area contributed by atoms with Crippen LogP contribution in [0.3, 0.4) is 0 Å². The Bertz CT molecular complexity index is 364. The van der Waals surface area contributed by atoms with Crippen molar-refractivity contribution in [1.82, 2.24) is 0 Å². The Hall–Kier alpha value is -0.740. The van der Waals surface area contributed by atoms with E-state index in [0.717, 1.165) is 28.5 Å². The molecule has 0 aliphatic rings. The highest BCUT2D eigenvalue weighted by molar-refractivity contribution is 8.18. The highest BCUT2D eigenvalue weighted by atomic mass is 32.2. The van der Waals surface area contributed by atoms with Crippen LogP contribution in [0.25, 0.3) is 0 Å². The van der Waals surface area contributed by atoms with E-state index in [9.17, 15) is 0 Å². The molecule has 0 radical (unpaired) electrons. The molecule has 1 unspecified atom stereocenters. The number of rotatable bonds is 7. The summed E-state index contributed by atoms with van der Waals surface area (Å²) in [7, 11) is 0. The predicted molar refractivity (Wildman–Crippen MR) is 90.2 cm³/mol. The Morgan fingerprint density at radius 1 is 1.44 bits per heavy atom. The van der Waals surface area contributed by atoms with E-state index in [2.05, 4.69) is 42.7 Å². The second-order valence-corrected chi connectivity index (χ2v) is 5.10. The van der Waals surface area contributed by atoms with Gasteiger partial charge in [-0.25, -0.2) is 4.99 Å². The molecule has 18 heavy (non-hydrogen) atoms. The van der Waals surface area contributed by atoms with Crippen LogP contribution >= 0.6 is 24.4 Å². The van der Waals surface area contributed by atoms with E-state index in [1.54, 1.807) is 0 Å². The minimum absolute atomic E-state index is 0.245. The van der Waals surface area contributed by atoms with Gasteiger partial charge in [0, 0.05) is 12.0 Å². The molecule has 0 rings (SSSR count). The third-order valence-corrected chi connectivity index (χ3v) is 3.43. The van der Waals surface area contributed by atoms with Crippen LogP contribution in [0.5, 0.6) is 0 Å². The maximum atomic E-state index is 4.61. The van der Waals surface area contributed by atoms with Crippen LogP contribution in [0.1, 0.15) is 27.2 Å². The zero-order valence-corrected chi connectivity index (χ0v) is 13.1. The van der Waals surface area contributed by atoms with Crippen molar-refractivity contribution in [3.8, 4) is 0 Å². The van der Waals surface area contributed by atoms with Crippen LogP contribution in [0.4, 0.5) is 0 Å². The summed E-state index contributed by atoms with van der Waals surface area (Å²) in [5.41, 5.74) is 1.93. The fourth-order valence-corrected chi connectivity index (χ4v) is 2.22. The molecule has 0 heterocycles. The lowest BCUT2D eigenvalue weighted by atomic mass is 10.2. The van der Waals surface area contributed by atoms with Crippen LogP contribution in [0.2, 0.25) is 0 Å². The normalized spacial score (nSPS) is 14.9. The largest absolute Gasteiger partial charge is 0.283 e. The Labute approximate surface area is 120 Å². The van der Waals surface area contributed by atoms with E-state index in [4.69, 9.17) is 0 Å². The van der Waals surface area contributed by atoms with Gasteiger partial charge in [-0.1, -0.05) is 43.5 Å². The van der Waals surface area contributed by atoms with Gasteiger partial charge < -0.3 is 0 Å². The average Bonchev–Trinajstić information content (AvgIpc) is 2.34. The number of allylic oxidation sites excluding steroid dienone is 2. The Balaban J connectivity index is 4.84. The number of thioether (sulfide) groups is 1. The summed E-state index contributed by atoms with van der Waals surface area (Å²) in [5.74, 6) is 0.751. The van der Waals surface area contributed by atoms with Crippen LogP contribution in [0.15, 0.2) is 46.4 Å². The Morgan fingerprint density at radius 3 is 2.56 bits per heavy atom. The molecule has 100 valence electrons. The van der Waals surface area contributed by atoms with Crippen molar-refractivity contribution in [1.29, 1.82) is 0 Å². The van der Waals surface area contributed by atoms with Gasteiger partial charge in [0.25, 0.3) is 0 Å². The molecule has 0 aromatic carbocycles. The third kappa shape index (κ3) is 7.56. The molecule has 0 saturated carbocycles. The highest BCUT2D eigenvalue weighted by Gasteiger charge is 2.06. The second kappa shape index (κ2) is 10.2. The van der Waals surface area contributed by atoms with Crippen LogP contribution in [-0.2, 0) is 0 Å². The molecular formula is C14H22N2S2. The molecular weight excluding hydrogens is 260 g/mol. The molecule has 0 aromatic rings. The predicted octanol–water partition coefficient (Wildman–Crippen LogP) is 4.52. The lowest BCUT2D eigenvalue weighted by Crippen LogP contribution is -2.13. The maximum Gasteiger partial charge on any atom is 0.121 e. The van der Waals surface area contributed by atoms with E-state index < -0.39 is 0 Å².